The van der Waals surface area contributed by atoms with Gasteiger partial charge in [0.05, 0.1) is 32.5 Å². The number of epoxide rings is 1. The third kappa shape index (κ3) is 4.31. The Morgan fingerprint density at radius 2 is 2.12 bits per heavy atom. The smallest absolute Gasteiger partial charge is 0.104 e. The average Bonchev–Trinajstić information content (AvgIpc) is 3.12. The van der Waals surface area contributed by atoms with E-state index in [0.29, 0.717) is 25.9 Å². The van der Waals surface area contributed by atoms with E-state index in [0.717, 1.165) is 6.61 Å². The number of benzene rings is 1. The molecular formula is C13H18O3. The molecule has 1 fully saturated rings. The predicted molar refractivity (Wildman–Crippen MR) is 61.3 cm³/mol. The molecule has 2 unspecified atom stereocenters. The van der Waals surface area contributed by atoms with Crippen LogP contribution in [-0.4, -0.2) is 32.0 Å². The van der Waals surface area contributed by atoms with Crippen molar-refractivity contribution < 1.29 is 14.2 Å². The van der Waals surface area contributed by atoms with Gasteiger partial charge in [0.1, 0.15) is 6.10 Å². The van der Waals surface area contributed by atoms with Crippen LogP contribution >= 0.6 is 0 Å². The minimum atomic E-state index is 0.124. The van der Waals surface area contributed by atoms with Crippen LogP contribution in [0.25, 0.3) is 0 Å². The Morgan fingerprint density at radius 3 is 2.81 bits per heavy atom. The minimum Gasteiger partial charge on any atom is -0.376 e. The van der Waals surface area contributed by atoms with Crippen LogP contribution < -0.4 is 0 Å². The van der Waals surface area contributed by atoms with Crippen LogP contribution in [0.15, 0.2) is 30.3 Å². The second-order valence-electron chi connectivity index (χ2n) is 4.10. The molecule has 0 radical (unpaired) electrons. The van der Waals surface area contributed by atoms with E-state index < -0.39 is 0 Å². The second-order valence-corrected chi connectivity index (χ2v) is 4.10. The molecule has 1 aromatic carbocycles. The molecule has 0 aliphatic carbocycles. The molecule has 2 rings (SSSR count). The number of ether oxygens (including phenoxy) is 3. The van der Waals surface area contributed by atoms with Gasteiger partial charge in [-0.15, -0.1) is 0 Å². The summed E-state index contributed by atoms with van der Waals surface area (Å²) in [6.07, 6.45) is 0.459. The molecule has 0 N–H and O–H groups in total. The van der Waals surface area contributed by atoms with Crippen molar-refractivity contribution in [3.05, 3.63) is 35.9 Å². The highest BCUT2D eigenvalue weighted by molar-refractivity contribution is 5.13. The van der Waals surface area contributed by atoms with Crippen molar-refractivity contribution in [2.75, 3.05) is 19.8 Å². The lowest BCUT2D eigenvalue weighted by Crippen LogP contribution is -2.17. The van der Waals surface area contributed by atoms with E-state index in [1.807, 2.05) is 25.1 Å². The second kappa shape index (κ2) is 5.99. The van der Waals surface area contributed by atoms with Crippen molar-refractivity contribution in [3.63, 3.8) is 0 Å². The molecule has 1 aliphatic heterocycles. The highest BCUT2D eigenvalue weighted by Gasteiger charge is 2.22. The summed E-state index contributed by atoms with van der Waals surface area (Å²) >= 11 is 0. The first kappa shape index (κ1) is 11.6. The van der Waals surface area contributed by atoms with Gasteiger partial charge in [0.2, 0.25) is 0 Å². The van der Waals surface area contributed by atoms with Crippen LogP contribution in [0.2, 0.25) is 0 Å². The van der Waals surface area contributed by atoms with Crippen molar-refractivity contribution in [2.24, 2.45) is 0 Å². The molecule has 1 aliphatic rings. The molecule has 0 aromatic heterocycles. The van der Waals surface area contributed by atoms with E-state index >= 15 is 0 Å². The van der Waals surface area contributed by atoms with Crippen LogP contribution in [0.3, 0.4) is 0 Å². The van der Waals surface area contributed by atoms with E-state index in [2.05, 4.69) is 12.1 Å². The highest BCUT2D eigenvalue weighted by atomic mass is 16.6. The predicted octanol–water partition coefficient (Wildman–Crippen LogP) is 2.01. The van der Waals surface area contributed by atoms with Crippen molar-refractivity contribution in [1.29, 1.82) is 0 Å². The van der Waals surface area contributed by atoms with Crippen LogP contribution in [0.1, 0.15) is 12.5 Å². The zero-order valence-electron chi connectivity index (χ0n) is 9.59. The SMILES string of the molecule is CC(COCC1CO1)OCc1ccccc1. The first-order chi connectivity index (χ1) is 7.84. The van der Waals surface area contributed by atoms with E-state index in [4.69, 9.17) is 14.2 Å². The van der Waals surface area contributed by atoms with Gasteiger partial charge in [-0.25, -0.2) is 0 Å². The Hall–Kier alpha value is -0.900. The maximum Gasteiger partial charge on any atom is 0.104 e. The lowest BCUT2D eigenvalue weighted by molar-refractivity contribution is -0.0177. The van der Waals surface area contributed by atoms with Crippen molar-refractivity contribution >= 4 is 0 Å². The lowest BCUT2D eigenvalue weighted by Gasteiger charge is -2.13. The molecule has 0 saturated carbocycles. The topological polar surface area (TPSA) is 31.0 Å². The Balaban J connectivity index is 1.57. The molecule has 16 heavy (non-hydrogen) atoms. The van der Waals surface area contributed by atoms with E-state index in [1.54, 1.807) is 0 Å². The molecule has 88 valence electrons. The summed E-state index contributed by atoms with van der Waals surface area (Å²) in [6, 6.07) is 10.2. The first-order valence-corrected chi connectivity index (χ1v) is 5.69. The number of hydrogen-bond acceptors (Lipinski definition) is 3. The fourth-order valence-corrected chi connectivity index (χ4v) is 1.39. The van der Waals surface area contributed by atoms with Gasteiger partial charge in [-0.1, -0.05) is 30.3 Å². The zero-order chi connectivity index (χ0) is 11.2. The fourth-order valence-electron chi connectivity index (χ4n) is 1.39. The molecule has 3 heteroatoms. The van der Waals surface area contributed by atoms with Crippen LogP contribution in [-0.2, 0) is 20.8 Å². The van der Waals surface area contributed by atoms with E-state index in [-0.39, 0.29) is 6.10 Å². The molecular weight excluding hydrogens is 204 g/mol. The molecule has 0 bridgehead atoms. The van der Waals surface area contributed by atoms with Gasteiger partial charge in [-0.3, -0.25) is 0 Å². The molecule has 1 saturated heterocycles. The van der Waals surface area contributed by atoms with Gasteiger partial charge in [0.15, 0.2) is 0 Å². The summed E-state index contributed by atoms with van der Waals surface area (Å²) in [5.41, 5.74) is 1.19. The van der Waals surface area contributed by atoms with Crippen molar-refractivity contribution in [1.82, 2.24) is 0 Å². The summed E-state index contributed by atoms with van der Waals surface area (Å²) < 4.78 is 16.2. The maximum absolute atomic E-state index is 5.66. The molecule has 0 spiro atoms. The van der Waals surface area contributed by atoms with Gasteiger partial charge >= 0.3 is 0 Å². The number of hydrogen-bond donors (Lipinski definition) is 0. The molecule has 3 nitrogen and oxygen atoms in total. The average molecular weight is 222 g/mol. The van der Waals surface area contributed by atoms with Gasteiger partial charge in [0.25, 0.3) is 0 Å². The van der Waals surface area contributed by atoms with Crippen LogP contribution in [0.5, 0.6) is 0 Å². The molecule has 1 heterocycles. The van der Waals surface area contributed by atoms with Gasteiger partial charge in [-0.2, -0.15) is 0 Å². The molecule has 2 atom stereocenters. The normalized spacial score (nSPS) is 20.7. The third-order valence-electron chi connectivity index (χ3n) is 2.44. The highest BCUT2D eigenvalue weighted by Crippen LogP contribution is 2.09. The van der Waals surface area contributed by atoms with Crippen molar-refractivity contribution in [2.45, 2.75) is 25.7 Å². The standard InChI is InChI=1S/C13H18O3/c1-11(7-14-9-13-10-16-13)15-8-12-5-3-2-4-6-12/h2-6,11,13H,7-10H2,1H3. The van der Waals surface area contributed by atoms with Gasteiger partial charge < -0.3 is 14.2 Å². The van der Waals surface area contributed by atoms with Gasteiger partial charge in [0, 0.05) is 0 Å². The third-order valence-corrected chi connectivity index (χ3v) is 2.44. The minimum absolute atomic E-state index is 0.124. The number of rotatable bonds is 7. The summed E-state index contributed by atoms with van der Waals surface area (Å²) in [4.78, 5) is 0. The Morgan fingerprint density at radius 1 is 1.38 bits per heavy atom. The van der Waals surface area contributed by atoms with Crippen LogP contribution in [0.4, 0.5) is 0 Å². The summed E-state index contributed by atoms with van der Waals surface area (Å²) in [5.74, 6) is 0. The summed E-state index contributed by atoms with van der Waals surface area (Å²) in [7, 11) is 0. The lowest BCUT2D eigenvalue weighted by atomic mass is 10.2. The monoisotopic (exact) mass is 222 g/mol. The summed E-state index contributed by atoms with van der Waals surface area (Å²) in [5, 5.41) is 0. The maximum atomic E-state index is 5.66. The fraction of sp³-hybridized carbons (Fsp3) is 0.538. The Kier molecular flexibility index (Phi) is 4.34. The van der Waals surface area contributed by atoms with E-state index in [1.165, 1.54) is 5.56 Å². The quantitative estimate of drug-likeness (QED) is 0.661. The Bertz CT molecular complexity index is 295. The van der Waals surface area contributed by atoms with E-state index in [9.17, 15) is 0 Å². The summed E-state index contributed by atoms with van der Waals surface area (Å²) in [6.45, 7) is 4.84. The largest absolute Gasteiger partial charge is 0.376 e. The molecule has 1 aromatic rings. The van der Waals surface area contributed by atoms with Crippen molar-refractivity contribution in [3.8, 4) is 0 Å². The zero-order valence-corrected chi connectivity index (χ0v) is 9.59. The van der Waals surface area contributed by atoms with Gasteiger partial charge in [-0.05, 0) is 12.5 Å². The first-order valence-electron chi connectivity index (χ1n) is 5.69. The van der Waals surface area contributed by atoms with Crippen LogP contribution in [0, 0.1) is 0 Å². The molecule has 0 amide bonds. The Labute approximate surface area is 96.3 Å².